The smallest absolute Gasteiger partial charge is 0.327 e. The maximum atomic E-state index is 13.2. The molecule has 0 saturated carbocycles. The van der Waals surface area contributed by atoms with E-state index in [1.807, 2.05) is 17.5 Å². The second-order valence-electron chi connectivity index (χ2n) is 5.69. The van der Waals surface area contributed by atoms with E-state index in [4.69, 9.17) is 0 Å². The number of nitrogens with zero attached hydrogens (tertiary/aromatic N) is 2. The van der Waals surface area contributed by atoms with Crippen molar-refractivity contribution in [1.82, 2.24) is 15.1 Å². The van der Waals surface area contributed by atoms with Crippen molar-refractivity contribution < 1.29 is 18.8 Å². The van der Waals surface area contributed by atoms with E-state index in [1.54, 1.807) is 12.1 Å². The molecule has 6 nitrogen and oxygen atoms in total. The summed E-state index contributed by atoms with van der Waals surface area (Å²) in [7, 11) is 1.51. The van der Waals surface area contributed by atoms with Gasteiger partial charge in [0.15, 0.2) is 0 Å². The molecule has 1 aromatic carbocycles. The number of likely N-dealkylation sites (N-methyl/N-ethyl adjacent to an activating group) is 1. The van der Waals surface area contributed by atoms with Crippen LogP contribution in [0.5, 0.6) is 0 Å². The van der Waals surface area contributed by atoms with Gasteiger partial charge in [0.2, 0.25) is 5.91 Å². The Kier molecular flexibility index (Phi) is 4.80. The first kappa shape index (κ1) is 17.1. The van der Waals surface area contributed by atoms with Crippen LogP contribution in [0.15, 0.2) is 41.8 Å². The Bertz CT molecular complexity index is 792. The predicted molar refractivity (Wildman–Crippen MR) is 90.4 cm³/mol. The van der Waals surface area contributed by atoms with E-state index in [1.165, 1.54) is 35.4 Å². The number of carbonyl (C=O) groups excluding carboxylic acids is 3. The molecule has 2 aromatic rings. The lowest BCUT2D eigenvalue weighted by molar-refractivity contribution is -0.130. The maximum absolute atomic E-state index is 13.2. The molecule has 8 heteroatoms. The van der Waals surface area contributed by atoms with Crippen LogP contribution in [-0.2, 0) is 9.59 Å². The minimum atomic E-state index is -0.491. The molecule has 1 fully saturated rings. The van der Waals surface area contributed by atoms with Gasteiger partial charge >= 0.3 is 6.03 Å². The van der Waals surface area contributed by atoms with Crippen molar-refractivity contribution in [2.75, 3.05) is 20.1 Å². The first-order valence-corrected chi connectivity index (χ1v) is 8.47. The Morgan fingerprint density at radius 3 is 2.56 bits per heavy atom. The number of benzene rings is 1. The molecule has 3 rings (SSSR count). The van der Waals surface area contributed by atoms with Crippen molar-refractivity contribution in [2.24, 2.45) is 0 Å². The van der Waals surface area contributed by atoms with Gasteiger partial charge in [0.25, 0.3) is 5.91 Å². The molecule has 1 aromatic heterocycles. The first-order valence-electron chi connectivity index (χ1n) is 7.59. The van der Waals surface area contributed by atoms with Crippen molar-refractivity contribution in [3.63, 3.8) is 0 Å². The van der Waals surface area contributed by atoms with E-state index in [-0.39, 0.29) is 18.9 Å². The van der Waals surface area contributed by atoms with E-state index in [0.717, 1.165) is 9.78 Å². The van der Waals surface area contributed by atoms with E-state index < -0.39 is 23.9 Å². The number of rotatable bonds is 5. The number of carbonyl (C=O) groups is 3. The summed E-state index contributed by atoms with van der Waals surface area (Å²) in [5.74, 6) is -1.23. The molecule has 0 bridgehead atoms. The summed E-state index contributed by atoms with van der Waals surface area (Å²) in [5.41, 5.74) is 0.716. The van der Waals surface area contributed by atoms with Crippen LogP contribution >= 0.6 is 11.3 Å². The summed E-state index contributed by atoms with van der Waals surface area (Å²) in [6, 6.07) is 8.59. The normalized spacial score (nSPS) is 15.6. The number of imide groups is 1. The molecule has 0 aliphatic carbocycles. The van der Waals surface area contributed by atoms with Crippen molar-refractivity contribution >= 4 is 29.2 Å². The molecule has 25 heavy (non-hydrogen) atoms. The average Bonchev–Trinajstić information content (AvgIpc) is 3.19. The maximum Gasteiger partial charge on any atom is 0.327 e. The highest BCUT2D eigenvalue weighted by molar-refractivity contribution is 7.10. The SMILES string of the molecule is CN1CC(=O)N(CC(=O)N[C@H](c2ccc(F)cc2)c2cccs2)C1=O. The van der Waals surface area contributed by atoms with Gasteiger partial charge in [-0.3, -0.25) is 14.5 Å². The zero-order chi connectivity index (χ0) is 18.0. The fourth-order valence-corrected chi connectivity index (χ4v) is 3.41. The fraction of sp³-hybridized carbons (Fsp3) is 0.235. The molecule has 0 spiro atoms. The summed E-state index contributed by atoms with van der Waals surface area (Å²) in [4.78, 5) is 39.1. The van der Waals surface area contributed by atoms with Crippen molar-refractivity contribution in [3.8, 4) is 0 Å². The quantitative estimate of drug-likeness (QED) is 0.828. The zero-order valence-electron chi connectivity index (χ0n) is 13.4. The van der Waals surface area contributed by atoms with Crippen molar-refractivity contribution in [3.05, 3.63) is 58.0 Å². The lowest BCUT2D eigenvalue weighted by atomic mass is 10.1. The monoisotopic (exact) mass is 361 g/mol. The van der Waals surface area contributed by atoms with Crippen LogP contribution in [0.25, 0.3) is 0 Å². The average molecular weight is 361 g/mol. The third-order valence-corrected chi connectivity index (χ3v) is 4.81. The Labute approximate surface area is 147 Å². The van der Waals surface area contributed by atoms with Gasteiger partial charge < -0.3 is 10.2 Å². The van der Waals surface area contributed by atoms with E-state index in [2.05, 4.69) is 5.32 Å². The zero-order valence-corrected chi connectivity index (χ0v) is 14.3. The third-order valence-electron chi connectivity index (χ3n) is 3.87. The van der Waals surface area contributed by atoms with Crippen LogP contribution in [0.2, 0.25) is 0 Å². The summed E-state index contributed by atoms with van der Waals surface area (Å²) in [5, 5.41) is 4.70. The fourth-order valence-electron chi connectivity index (χ4n) is 2.60. The molecule has 130 valence electrons. The number of hydrogen-bond donors (Lipinski definition) is 1. The molecule has 1 aliphatic heterocycles. The largest absolute Gasteiger partial charge is 0.343 e. The highest BCUT2D eigenvalue weighted by Crippen LogP contribution is 2.26. The number of amides is 4. The minimum absolute atomic E-state index is 0.0293. The van der Waals surface area contributed by atoms with Gasteiger partial charge in [0.1, 0.15) is 18.9 Å². The Morgan fingerprint density at radius 1 is 1.28 bits per heavy atom. The predicted octanol–water partition coefficient (Wildman–Crippen LogP) is 1.99. The summed E-state index contributed by atoms with van der Waals surface area (Å²) < 4.78 is 13.2. The van der Waals surface area contributed by atoms with Crippen LogP contribution in [0.1, 0.15) is 16.5 Å². The van der Waals surface area contributed by atoms with Gasteiger partial charge in [-0.05, 0) is 29.1 Å². The van der Waals surface area contributed by atoms with Gasteiger partial charge in [-0.25, -0.2) is 9.18 Å². The molecule has 0 unspecified atom stereocenters. The van der Waals surface area contributed by atoms with Crippen LogP contribution in [0.4, 0.5) is 9.18 Å². The van der Waals surface area contributed by atoms with Crippen molar-refractivity contribution in [2.45, 2.75) is 6.04 Å². The highest BCUT2D eigenvalue weighted by atomic mass is 32.1. The van der Waals surface area contributed by atoms with Crippen molar-refractivity contribution in [1.29, 1.82) is 0 Å². The van der Waals surface area contributed by atoms with E-state index in [9.17, 15) is 18.8 Å². The van der Waals surface area contributed by atoms with Crippen LogP contribution in [0, 0.1) is 5.82 Å². The van der Waals surface area contributed by atoms with Gasteiger partial charge in [-0.15, -0.1) is 11.3 Å². The topological polar surface area (TPSA) is 69.7 Å². The minimum Gasteiger partial charge on any atom is -0.343 e. The Balaban J connectivity index is 1.76. The molecular weight excluding hydrogens is 345 g/mol. The van der Waals surface area contributed by atoms with E-state index in [0.29, 0.717) is 5.56 Å². The number of hydrogen-bond acceptors (Lipinski definition) is 4. The molecule has 1 saturated heterocycles. The Morgan fingerprint density at radius 2 is 2.00 bits per heavy atom. The molecule has 4 amide bonds. The van der Waals surface area contributed by atoms with Gasteiger partial charge in [0, 0.05) is 11.9 Å². The second kappa shape index (κ2) is 7.02. The van der Waals surface area contributed by atoms with Crippen LogP contribution < -0.4 is 5.32 Å². The van der Waals surface area contributed by atoms with Gasteiger partial charge in [-0.1, -0.05) is 18.2 Å². The molecular formula is C17H16FN3O3S. The van der Waals surface area contributed by atoms with Crippen LogP contribution in [-0.4, -0.2) is 47.8 Å². The summed E-state index contributed by atoms with van der Waals surface area (Å²) >= 11 is 1.45. The third kappa shape index (κ3) is 3.69. The lowest BCUT2D eigenvalue weighted by Gasteiger charge is -2.20. The second-order valence-corrected chi connectivity index (χ2v) is 6.67. The number of urea groups is 1. The summed E-state index contributed by atoms with van der Waals surface area (Å²) in [6.45, 7) is -0.372. The van der Waals surface area contributed by atoms with Gasteiger partial charge in [-0.2, -0.15) is 0 Å². The summed E-state index contributed by atoms with van der Waals surface area (Å²) in [6.07, 6.45) is 0. The van der Waals surface area contributed by atoms with E-state index >= 15 is 0 Å². The number of thiophene rings is 1. The molecule has 0 radical (unpaired) electrons. The Hall–Kier alpha value is -2.74. The molecule has 2 heterocycles. The first-order chi connectivity index (χ1) is 12.0. The highest BCUT2D eigenvalue weighted by Gasteiger charge is 2.35. The molecule has 1 aliphatic rings. The molecule has 1 N–H and O–H groups in total. The number of nitrogens with one attached hydrogen (secondary N) is 1. The van der Waals surface area contributed by atoms with Gasteiger partial charge in [0.05, 0.1) is 6.04 Å². The standard InChI is InChI=1S/C17H16FN3O3S/c1-20-10-15(23)21(17(20)24)9-14(22)19-16(13-3-2-8-25-13)11-4-6-12(18)7-5-11/h2-8,16H,9-10H2,1H3,(H,19,22)/t16-/m1/s1. The van der Waals surface area contributed by atoms with Crippen LogP contribution in [0.3, 0.4) is 0 Å². The lowest BCUT2D eigenvalue weighted by Crippen LogP contribution is -2.42. The molecule has 1 atom stereocenters. The number of halogens is 1.